The topological polar surface area (TPSA) is 103 Å². The Morgan fingerprint density at radius 3 is 2.15 bits per heavy atom. The number of nitrogens with zero attached hydrogens (tertiary/aromatic N) is 3. The van der Waals surface area contributed by atoms with Gasteiger partial charge in [-0.3, -0.25) is 0 Å². The number of hydrogen-bond donors (Lipinski definition) is 2. The van der Waals surface area contributed by atoms with Crippen LogP contribution in [-0.4, -0.2) is 78.1 Å². The van der Waals surface area contributed by atoms with Gasteiger partial charge in [0.2, 0.25) is 0 Å². The van der Waals surface area contributed by atoms with E-state index in [-0.39, 0.29) is 0 Å². The number of fused-ring (bicyclic) bond motifs is 1. The van der Waals surface area contributed by atoms with E-state index in [0.29, 0.717) is 12.2 Å². The number of piperazine rings is 1. The van der Waals surface area contributed by atoms with Crippen LogP contribution in [0.1, 0.15) is 11.1 Å². The number of benzene rings is 2. The van der Waals surface area contributed by atoms with Gasteiger partial charge in [-0.1, -0.05) is 36.4 Å². The Kier molecular flexibility index (Phi) is 8.59. The minimum atomic E-state index is -1.26. The molecular weight excluding hydrogens is 434 g/mol. The van der Waals surface area contributed by atoms with Gasteiger partial charge >= 0.3 is 11.9 Å². The lowest BCUT2D eigenvalue weighted by atomic mass is 10.0. The number of methoxy groups -OCH3 is 1. The Hall–Kier alpha value is -3.91. The number of carboxylic acids is 2. The summed E-state index contributed by atoms with van der Waals surface area (Å²) < 4.78 is 5.32. The first kappa shape index (κ1) is 24.7. The van der Waals surface area contributed by atoms with Gasteiger partial charge in [0.05, 0.1) is 12.8 Å². The van der Waals surface area contributed by atoms with Crippen molar-refractivity contribution in [3.05, 3.63) is 77.9 Å². The van der Waals surface area contributed by atoms with Gasteiger partial charge in [-0.05, 0) is 42.8 Å². The van der Waals surface area contributed by atoms with E-state index >= 15 is 0 Å². The molecule has 0 aromatic heterocycles. The maximum atomic E-state index is 9.55. The first-order valence-electron chi connectivity index (χ1n) is 11.0. The zero-order valence-corrected chi connectivity index (χ0v) is 19.3. The molecule has 8 heteroatoms. The second kappa shape index (κ2) is 11.8. The molecule has 0 bridgehead atoms. The first-order valence-corrected chi connectivity index (χ1v) is 11.0. The molecule has 0 atom stereocenters. The smallest absolute Gasteiger partial charge is 0.328 e. The van der Waals surface area contributed by atoms with Crippen LogP contribution in [-0.2, 0) is 16.0 Å². The molecular formula is C26H29N3O5. The number of likely N-dealkylation sites (N-methyl/N-ethyl adjacent to an activating group) is 1. The summed E-state index contributed by atoms with van der Waals surface area (Å²) >= 11 is 0. The van der Waals surface area contributed by atoms with Crippen LogP contribution in [0.15, 0.2) is 71.8 Å². The zero-order valence-electron chi connectivity index (χ0n) is 19.3. The van der Waals surface area contributed by atoms with E-state index in [0.717, 1.165) is 49.9 Å². The monoisotopic (exact) mass is 463 g/mol. The lowest BCUT2D eigenvalue weighted by Gasteiger charge is -2.35. The molecule has 1 fully saturated rings. The summed E-state index contributed by atoms with van der Waals surface area (Å²) in [5.41, 5.74) is 4.77. The van der Waals surface area contributed by atoms with E-state index in [9.17, 15) is 9.59 Å². The summed E-state index contributed by atoms with van der Waals surface area (Å²) in [5.74, 6) is -0.544. The molecule has 8 nitrogen and oxygen atoms in total. The van der Waals surface area contributed by atoms with Gasteiger partial charge in [0, 0.05) is 43.9 Å². The molecule has 34 heavy (non-hydrogen) atoms. The van der Waals surface area contributed by atoms with Crippen molar-refractivity contribution >= 4 is 29.0 Å². The number of carboxylic acid groups (broad SMARTS) is 2. The number of ether oxygens (including phenoxy) is 1. The number of carbonyl (C=O) groups is 2. The van der Waals surface area contributed by atoms with Crippen molar-refractivity contribution in [3.8, 4) is 5.75 Å². The van der Waals surface area contributed by atoms with E-state index in [2.05, 4.69) is 59.3 Å². The van der Waals surface area contributed by atoms with Crippen molar-refractivity contribution in [3.63, 3.8) is 0 Å². The molecule has 0 spiro atoms. The average Bonchev–Trinajstić information content (AvgIpc) is 3.03. The van der Waals surface area contributed by atoms with Crippen molar-refractivity contribution in [1.29, 1.82) is 0 Å². The number of amidine groups is 1. The fourth-order valence-electron chi connectivity index (χ4n) is 3.69. The number of para-hydroxylation sites is 1. The van der Waals surface area contributed by atoms with E-state index in [4.69, 9.17) is 19.9 Å². The van der Waals surface area contributed by atoms with Crippen LogP contribution in [0.2, 0.25) is 0 Å². The highest BCUT2D eigenvalue weighted by atomic mass is 16.5. The molecule has 2 N–H and O–H groups in total. The zero-order chi connectivity index (χ0) is 24.5. The van der Waals surface area contributed by atoms with Gasteiger partial charge in [0.15, 0.2) is 0 Å². The van der Waals surface area contributed by atoms with Crippen LogP contribution in [0.5, 0.6) is 5.75 Å². The maximum Gasteiger partial charge on any atom is 0.328 e. The predicted molar refractivity (Wildman–Crippen MR) is 132 cm³/mol. The molecule has 2 aromatic rings. The van der Waals surface area contributed by atoms with Gasteiger partial charge in [0.25, 0.3) is 0 Å². The van der Waals surface area contributed by atoms with Gasteiger partial charge < -0.3 is 24.7 Å². The molecule has 2 aromatic carbocycles. The van der Waals surface area contributed by atoms with Gasteiger partial charge in [0.1, 0.15) is 11.6 Å². The summed E-state index contributed by atoms with van der Waals surface area (Å²) in [6.07, 6.45) is 4.34. The van der Waals surface area contributed by atoms with Gasteiger partial charge in [-0.15, -0.1) is 0 Å². The second-order valence-electron chi connectivity index (χ2n) is 7.91. The molecule has 0 amide bonds. The molecule has 4 rings (SSSR count). The molecule has 0 radical (unpaired) electrons. The quantitative estimate of drug-likeness (QED) is 0.671. The highest BCUT2D eigenvalue weighted by molar-refractivity contribution is 6.23. The highest BCUT2D eigenvalue weighted by Crippen LogP contribution is 2.30. The fourth-order valence-corrected chi connectivity index (χ4v) is 3.69. The predicted octanol–water partition coefficient (Wildman–Crippen LogP) is 3.32. The number of allylic oxidation sites excluding steroid dienone is 1. The largest absolute Gasteiger partial charge is 0.497 e. The molecule has 2 heterocycles. The lowest BCUT2D eigenvalue weighted by Crippen LogP contribution is -2.47. The van der Waals surface area contributed by atoms with E-state index in [1.807, 2.05) is 12.1 Å². The molecule has 0 aliphatic carbocycles. The third-order valence-corrected chi connectivity index (χ3v) is 5.56. The van der Waals surface area contributed by atoms with Crippen LogP contribution in [0.25, 0.3) is 5.57 Å². The van der Waals surface area contributed by atoms with E-state index in [1.165, 1.54) is 16.7 Å². The Bertz CT molecular complexity index is 1080. The first-order chi connectivity index (χ1) is 16.4. The van der Waals surface area contributed by atoms with Crippen molar-refractivity contribution in [2.45, 2.75) is 6.42 Å². The normalized spacial score (nSPS) is 15.9. The Labute approximate surface area is 199 Å². The number of rotatable bonds is 4. The average molecular weight is 464 g/mol. The van der Waals surface area contributed by atoms with Gasteiger partial charge in [-0.2, -0.15) is 0 Å². The van der Waals surface area contributed by atoms with E-state index < -0.39 is 11.9 Å². The Morgan fingerprint density at radius 2 is 1.56 bits per heavy atom. The van der Waals surface area contributed by atoms with Crippen LogP contribution >= 0.6 is 0 Å². The number of hydrogen-bond acceptors (Lipinski definition) is 6. The summed E-state index contributed by atoms with van der Waals surface area (Å²) in [6.45, 7) is 4.14. The van der Waals surface area contributed by atoms with Crippen molar-refractivity contribution in [1.82, 2.24) is 9.80 Å². The lowest BCUT2D eigenvalue weighted by molar-refractivity contribution is -0.134. The molecule has 0 unspecified atom stereocenters. The summed E-state index contributed by atoms with van der Waals surface area (Å²) in [6, 6.07) is 16.8. The maximum absolute atomic E-state index is 9.55. The molecule has 178 valence electrons. The van der Waals surface area contributed by atoms with Crippen LogP contribution < -0.4 is 4.74 Å². The highest BCUT2D eigenvalue weighted by Gasteiger charge is 2.23. The summed E-state index contributed by atoms with van der Waals surface area (Å²) in [7, 11) is 3.88. The standard InChI is InChI=1S/C22H25N3O.C4H4O4/c1-24-13-15-25(16-14-24)22-20(17-7-10-19(26-2)11-8-17)12-9-18-5-3-4-6-21(18)23-22;5-3(6)1-2-4(7)8/h3-8,10-12H,9,13-16H2,1-2H3;1-2H,(H,5,6)(H,7,8)/b;2-1+. The van der Waals surface area contributed by atoms with Crippen molar-refractivity contribution < 1.29 is 24.5 Å². The number of aliphatic carboxylic acids is 2. The molecule has 0 saturated carbocycles. The van der Waals surface area contributed by atoms with Gasteiger partial charge in [-0.25, -0.2) is 14.6 Å². The molecule has 2 aliphatic rings. The fraction of sp³-hybridized carbons (Fsp3) is 0.269. The minimum Gasteiger partial charge on any atom is -0.497 e. The van der Waals surface area contributed by atoms with Crippen molar-refractivity contribution in [2.24, 2.45) is 4.99 Å². The molecule has 1 saturated heterocycles. The van der Waals surface area contributed by atoms with Crippen molar-refractivity contribution in [2.75, 3.05) is 40.3 Å². The van der Waals surface area contributed by atoms with E-state index in [1.54, 1.807) is 7.11 Å². The Balaban J connectivity index is 0.000000350. The number of aliphatic imine (C=N–C) groups is 1. The third-order valence-electron chi connectivity index (χ3n) is 5.56. The molecule has 2 aliphatic heterocycles. The van der Waals surface area contributed by atoms with Crippen LogP contribution in [0.4, 0.5) is 5.69 Å². The minimum absolute atomic E-state index is 0.558. The summed E-state index contributed by atoms with van der Waals surface area (Å²) in [4.78, 5) is 29.0. The summed E-state index contributed by atoms with van der Waals surface area (Å²) in [5, 5.41) is 15.6. The van der Waals surface area contributed by atoms with Crippen LogP contribution in [0.3, 0.4) is 0 Å². The SMILES string of the molecule is COc1ccc(C2=CCc3ccccc3N=C2N2CCN(C)CC2)cc1.O=C(O)/C=C/C(=O)O. The van der Waals surface area contributed by atoms with Crippen LogP contribution in [0, 0.1) is 0 Å². The second-order valence-corrected chi connectivity index (χ2v) is 7.91. The third kappa shape index (κ3) is 6.79. The Morgan fingerprint density at radius 1 is 0.941 bits per heavy atom.